The van der Waals surface area contributed by atoms with Gasteiger partial charge in [-0.25, -0.2) is 0 Å². The molecular weight excluding hydrogens is 406 g/mol. The zero-order valence-electron chi connectivity index (χ0n) is 16.5. The van der Waals surface area contributed by atoms with E-state index in [1.807, 2.05) is 0 Å². The predicted octanol–water partition coefficient (Wildman–Crippen LogP) is 2.48. The molecule has 30 heavy (non-hydrogen) atoms. The van der Waals surface area contributed by atoms with Gasteiger partial charge in [-0.3, -0.25) is 19.1 Å². The Morgan fingerprint density at radius 2 is 1.83 bits per heavy atom. The Balaban J connectivity index is 1.52. The van der Waals surface area contributed by atoms with Crippen molar-refractivity contribution in [1.29, 1.82) is 0 Å². The van der Waals surface area contributed by atoms with Gasteiger partial charge in [0.1, 0.15) is 12.3 Å². The standard InChI is InChI=1S/C20H21N5O4S/c1-13(26)21-10-17-7-8-18(30-17)20(28)24-15-9-22-25(11-15)12-19(27)23-14-3-5-16(29-2)6-4-14/h3-9,11H,10,12H2,1-2H3,(H,21,26)(H,23,27)(H,24,28). The minimum Gasteiger partial charge on any atom is -0.497 e. The SMILES string of the molecule is COc1ccc(NC(=O)Cn2cc(NC(=O)c3ccc(CNC(C)=O)s3)cn2)cc1. The zero-order chi connectivity index (χ0) is 21.5. The quantitative estimate of drug-likeness (QED) is 0.511. The summed E-state index contributed by atoms with van der Waals surface area (Å²) in [5, 5.41) is 12.3. The average Bonchev–Trinajstić information content (AvgIpc) is 3.36. The van der Waals surface area contributed by atoms with Gasteiger partial charge in [0.25, 0.3) is 5.91 Å². The van der Waals surface area contributed by atoms with Crippen LogP contribution in [0.5, 0.6) is 5.75 Å². The first-order chi connectivity index (χ1) is 14.4. The van der Waals surface area contributed by atoms with E-state index in [1.165, 1.54) is 29.1 Å². The van der Waals surface area contributed by atoms with Gasteiger partial charge in [0, 0.05) is 23.7 Å². The van der Waals surface area contributed by atoms with E-state index in [-0.39, 0.29) is 24.3 Å². The van der Waals surface area contributed by atoms with Gasteiger partial charge < -0.3 is 20.7 Å². The lowest BCUT2D eigenvalue weighted by Gasteiger charge is -2.06. The van der Waals surface area contributed by atoms with Crippen molar-refractivity contribution >= 4 is 40.4 Å². The summed E-state index contributed by atoms with van der Waals surface area (Å²) in [6.07, 6.45) is 3.06. The Morgan fingerprint density at radius 1 is 1.07 bits per heavy atom. The number of thiophene rings is 1. The summed E-state index contributed by atoms with van der Waals surface area (Å²) in [7, 11) is 1.57. The molecule has 10 heteroatoms. The number of hydrogen-bond acceptors (Lipinski definition) is 6. The van der Waals surface area contributed by atoms with E-state index in [2.05, 4.69) is 21.0 Å². The maximum absolute atomic E-state index is 12.4. The largest absolute Gasteiger partial charge is 0.497 e. The molecule has 2 aromatic heterocycles. The fourth-order valence-electron chi connectivity index (χ4n) is 2.54. The van der Waals surface area contributed by atoms with Crippen LogP contribution in [0.3, 0.4) is 0 Å². The number of aromatic nitrogens is 2. The molecule has 0 aliphatic heterocycles. The molecule has 0 atom stereocenters. The highest BCUT2D eigenvalue weighted by Crippen LogP contribution is 2.18. The van der Waals surface area contributed by atoms with Crippen molar-refractivity contribution in [3.8, 4) is 5.75 Å². The average molecular weight is 427 g/mol. The first kappa shape index (κ1) is 21.1. The molecule has 0 unspecified atom stereocenters. The molecule has 0 saturated heterocycles. The molecule has 0 fully saturated rings. The fraction of sp³-hybridized carbons (Fsp3) is 0.200. The number of anilines is 2. The van der Waals surface area contributed by atoms with E-state index in [4.69, 9.17) is 4.74 Å². The predicted molar refractivity (Wildman–Crippen MR) is 114 cm³/mol. The molecule has 3 amide bonds. The van der Waals surface area contributed by atoms with Gasteiger partial charge in [0.05, 0.1) is 30.4 Å². The molecule has 3 N–H and O–H groups in total. The van der Waals surface area contributed by atoms with Gasteiger partial charge in [0.2, 0.25) is 11.8 Å². The van der Waals surface area contributed by atoms with Crippen molar-refractivity contribution in [3.63, 3.8) is 0 Å². The van der Waals surface area contributed by atoms with Gasteiger partial charge in [-0.2, -0.15) is 5.10 Å². The second-order valence-electron chi connectivity index (χ2n) is 6.33. The summed E-state index contributed by atoms with van der Waals surface area (Å²) in [4.78, 5) is 36.9. The van der Waals surface area contributed by atoms with Crippen molar-refractivity contribution < 1.29 is 19.1 Å². The van der Waals surface area contributed by atoms with Crippen LogP contribution in [0.2, 0.25) is 0 Å². The van der Waals surface area contributed by atoms with Crippen LogP contribution in [-0.2, 0) is 22.7 Å². The molecule has 0 saturated carbocycles. The van der Waals surface area contributed by atoms with Gasteiger partial charge >= 0.3 is 0 Å². The highest BCUT2D eigenvalue weighted by molar-refractivity contribution is 7.14. The third-order valence-corrected chi connectivity index (χ3v) is 5.05. The van der Waals surface area contributed by atoms with Crippen molar-refractivity contribution in [2.45, 2.75) is 20.0 Å². The number of methoxy groups -OCH3 is 1. The van der Waals surface area contributed by atoms with Gasteiger partial charge in [0.15, 0.2) is 0 Å². The number of ether oxygens (including phenoxy) is 1. The number of carbonyl (C=O) groups is 3. The number of nitrogens with one attached hydrogen (secondary N) is 3. The Bertz CT molecular complexity index is 1040. The highest BCUT2D eigenvalue weighted by Gasteiger charge is 2.12. The van der Waals surface area contributed by atoms with Crippen LogP contribution in [0, 0.1) is 0 Å². The third-order valence-electron chi connectivity index (χ3n) is 3.97. The maximum atomic E-state index is 12.4. The summed E-state index contributed by atoms with van der Waals surface area (Å²) in [6, 6.07) is 10.5. The normalized spacial score (nSPS) is 10.3. The minimum atomic E-state index is -0.281. The molecule has 9 nitrogen and oxygen atoms in total. The molecule has 3 aromatic rings. The first-order valence-electron chi connectivity index (χ1n) is 9.04. The molecule has 0 aliphatic carbocycles. The van der Waals surface area contributed by atoms with Crippen molar-refractivity contribution in [1.82, 2.24) is 15.1 Å². The van der Waals surface area contributed by atoms with E-state index in [0.717, 1.165) is 4.88 Å². The lowest BCUT2D eigenvalue weighted by atomic mass is 10.3. The minimum absolute atomic E-state index is 0.00175. The highest BCUT2D eigenvalue weighted by atomic mass is 32.1. The smallest absolute Gasteiger partial charge is 0.265 e. The zero-order valence-corrected chi connectivity index (χ0v) is 17.3. The Morgan fingerprint density at radius 3 is 2.53 bits per heavy atom. The van der Waals surface area contributed by atoms with Crippen LogP contribution in [0.1, 0.15) is 21.5 Å². The first-order valence-corrected chi connectivity index (χ1v) is 9.85. The number of nitrogens with zero attached hydrogens (tertiary/aromatic N) is 2. The van der Waals surface area contributed by atoms with Gasteiger partial charge in [-0.05, 0) is 36.4 Å². The molecule has 3 rings (SSSR count). The molecule has 0 spiro atoms. The second kappa shape index (κ2) is 9.70. The van der Waals surface area contributed by atoms with E-state index >= 15 is 0 Å². The summed E-state index contributed by atoms with van der Waals surface area (Å²) >= 11 is 1.30. The van der Waals surface area contributed by atoms with E-state index in [0.29, 0.717) is 28.5 Å². The van der Waals surface area contributed by atoms with E-state index < -0.39 is 0 Å². The molecule has 0 bridgehead atoms. The molecule has 0 aliphatic rings. The maximum Gasteiger partial charge on any atom is 0.265 e. The summed E-state index contributed by atoms with van der Waals surface area (Å²) in [6.45, 7) is 1.83. The van der Waals surface area contributed by atoms with Crippen molar-refractivity contribution in [2.24, 2.45) is 0 Å². The van der Waals surface area contributed by atoms with Crippen LogP contribution in [0.25, 0.3) is 0 Å². The molecule has 1 aromatic carbocycles. The van der Waals surface area contributed by atoms with Crippen molar-refractivity contribution in [3.05, 3.63) is 58.5 Å². The number of benzene rings is 1. The van der Waals surface area contributed by atoms with Gasteiger partial charge in [-0.1, -0.05) is 0 Å². The monoisotopic (exact) mass is 427 g/mol. The van der Waals surface area contributed by atoms with E-state index in [1.54, 1.807) is 49.7 Å². The lowest BCUT2D eigenvalue weighted by Crippen LogP contribution is -2.19. The molecule has 0 radical (unpaired) electrons. The summed E-state index contributed by atoms with van der Waals surface area (Å²) in [5.41, 5.74) is 1.13. The number of carbonyl (C=O) groups excluding carboxylic acids is 3. The fourth-order valence-corrected chi connectivity index (χ4v) is 3.38. The van der Waals surface area contributed by atoms with Crippen LogP contribution < -0.4 is 20.7 Å². The topological polar surface area (TPSA) is 114 Å². The third kappa shape index (κ3) is 5.92. The molecule has 2 heterocycles. The second-order valence-corrected chi connectivity index (χ2v) is 7.50. The number of hydrogen-bond donors (Lipinski definition) is 3. The molecular formula is C20H21N5O4S. The van der Waals surface area contributed by atoms with Crippen molar-refractivity contribution in [2.75, 3.05) is 17.7 Å². The summed E-state index contributed by atoms with van der Waals surface area (Å²) < 4.78 is 6.52. The van der Waals surface area contributed by atoms with E-state index in [9.17, 15) is 14.4 Å². The van der Waals surface area contributed by atoms with Gasteiger partial charge in [-0.15, -0.1) is 11.3 Å². The van der Waals surface area contributed by atoms with Crippen LogP contribution in [-0.4, -0.2) is 34.6 Å². The Labute approximate surface area is 177 Å². The Hall–Kier alpha value is -3.66. The van der Waals surface area contributed by atoms with Crippen LogP contribution >= 0.6 is 11.3 Å². The summed E-state index contributed by atoms with van der Waals surface area (Å²) in [5.74, 6) is 0.0459. The number of rotatable bonds is 8. The number of amides is 3. The Kier molecular flexibility index (Phi) is 6.81. The van der Waals surface area contributed by atoms with Crippen LogP contribution in [0.4, 0.5) is 11.4 Å². The van der Waals surface area contributed by atoms with Crippen LogP contribution in [0.15, 0.2) is 48.8 Å². The lowest BCUT2D eigenvalue weighted by molar-refractivity contribution is -0.119. The molecule has 156 valence electrons.